The lowest BCUT2D eigenvalue weighted by Gasteiger charge is -2.08. The van der Waals surface area contributed by atoms with Crippen LogP contribution in [0.25, 0.3) is 0 Å². The zero-order chi connectivity index (χ0) is 10.3. The minimum absolute atomic E-state index is 0.292. The molecule has 0 fully saturated rings. The topological polar surface area (TPSA) is 104 Å². The summed E-state index contributed by atoms with van der Waals surface area (Å²) in [5.41, 5.74) is 15.7. The van der Waals surface area contributed by atoms with E-state index in [1.807, 2.05) is 0 Å². The second kappa shape index (κ2) is 6.76. The molecule has 0 saturated carbocycles. The number of hydrogen-bond donors (Lipinski definition) is 3. The van der Waals surface area contributed by atoms with Gasteiger partial charge in [-0.05, 0) is 31.6 Å². The SMILES string of the molecule is NCCCC[C@H](N)C(=O)OC(N)=S. The van der Waals surface area contributed by atoms with Gasteiger partial charge in [0.05, 0.1) is 0 Å². The highest BCUT2D eigenvalue weighted by atomic mass is 32.1. The molecular formula is C7H15N3O2S. The van der Waals surface area contributed by atoms with Crippen molar-refractivity contribution in [1.29, 1.82) is 0 Å². The van der Waals surface area contributed by atoms with Crippen LogP contribution >= 0.6 is 12.2 Å². The fraction of sp³-hybridized carbons (Fsp3) is 0.714. The number of ether oxygens (including phenoxy) is 1. The Bertz CT molecular complexity index is 187. The van der Waals surface area contributed by atoms with Gasteiger partial charge in [-0.15, -0.1) is 0 Å². The van der Waals surface area contributed by atoms with Gasteiger partial charge in [0, 0.05) is 0 Å². The summed E-state index contributed by atoms with van der Waals surface area (Å²) in [6.07, 6.45) is 2.18. The summed E-state index contributed by atoms with van der Waals surface area (Å²) >= 11 is 4.39. The van der Waals surface area contributed by atoms with Gasteiger partial charge < -0.3 is 21.9 Å². The smallest absolute Gasteiger partial charge is 0.330 e. The van der Waals surface area contributed by atoms with Gasteiger partial charge in [0.15, 0.2) is 0 Å². The third-order valence-corrected chi connectivity index (χ3v) is 1.56. The fourth-order valence-corrected chi connectivity index (χ4v) is 0.883. The van der Waals surface area contributed by atoms with Gasteiger partial charge in [0.2, 0.25) is 0 Å². The molecule has 1 atom stereocenters. The lowest BCUT2D eigenvalue weighted by atomic mass is 10.1. The maximum absolute atomic E-state index is 11.0. The molecule has 5 nitrogen and oxygen atoms in total. The van der Waals surface area contributed by atoms with Crippen LogP contribution in [0.15, 0.2) is 0 Å². The molecule has 0 aliphatic rings. The lowest BCUT2D eigenvalue weighted by Crippen LogP contribution is -2.35. The van der Waals surface area contributed by atoms with Crippen LogP contribution in [0.2, 0.25) is 0 Å². The third kappa shape index (κ3) is 6.44. The molecule has 0 bridgehead atoms. The number of esters is 1. The van der Waals surface area contributed by atoms with Crippen LogP contribution in [-0.2, 0) is 9.53 Å². The van der Waals surface area contributed by atoms with Crippen LogP contribution in [0.3, 0.4) is 0 Å². The standard InChI is InChI=1S/C7H15N3O2S/c8-4-2-1-3-5(9)6(11)12-7(10)13/h5H,1-4,8-9H2,(H2,10,13)/t5-/m0/s1. The summed E-state index contributed by atoms with van der Waals surface area (Å²) in [5.74, 6) is -0.579. The molecule has 0 rings (SSSR count). The van der Waals surface area contributed by atoms with Gasteiger partial charge in [-0.2, -0.15) is 0 Å². The van der Waals surface area contributed by atoms with Crippen molar-refractivity contribution in [2.45, 2.75) is 25.3 Å². The van der Waals surface area contributed by atoms with Gasteiger partial charge in [0.1, 0.15) is 6.04 Å². The fourth-order valence-electron chi connectivity index (χ4n) is 0.801. The minimum atomic E-state index is -0.659. The van der Waals surface area contributed by atoms with E-state index >= 15 is 0 Å². The summed E-state index contributed by atoms with van der Waals surface area (Å²) < 4.78 is 4.46. The molecule has 0 radical (unpaired) electrons. The van der Waals surface area contributed by atoms with Crippen molar-refractivity contribution in [3.8, 4) is 0 Å². The van der Waals surface area contributed by atoms with Gasteiger partial charge in [-0.25, -0.2) is 4.79 Å². The van der Waals surface area contributed by atoms with Gasteiger partial charge in [0.25, 0.3) is 5.17 Å². The molecule has 0 heterocycles. The van der Waals surface area contributed by atoms with Crippen LogP contribution < -0.4 is 17.2 Å². The molecule has 13 heavy (non-hydrogen) atoms. The van der Waals surface area contributed by atoms with Crippen LogP contribution in [-0.4, -0.2) is 23.7 Å². The highest BCUT2D eigenvalue weighted by molar-refractivity contribution is 7.80. The molecular weight excluding hydrogens is 190 g/mol. The molecule has 0 spiro atoms. The van der Waals surface area contributed by atoms with E-state index in [0.717, 1.165) is 12.8 Å². The number of hydrogen-bond acceptors (Lipinski definition) is 5. The number of carbonyl (C=O) groups excluding carboxylic acids is 1. The summed E-state index contributed by atoms with van der Waals surface area (Å²) in [6, 6.07) is -0.659. The summed E-state index contributed by atoms with van der Waals surface area (Å²) in [4.78, 5) is 11.0. The molecule has 0 aromatic heterocycles. The highest BCUT2D eigenvalue weighted by Crippen LogP contribution is 1.99. The highest BCUT2D eigenvalue weighted by Gasteiger charge is 2.15. The first-order chi connectivity index (χ1) is 6.07. The molecule has 0 aliphatic carbocycles. The van der Waals surface area contributed by atoms with E-state index < -0.39 is 12.0 Å². The van der Waals surface area contributed by atoms with E-state index in [1.165, 1.54) is 0 Å². The molecule has 0 saturated heterocycles. The van der Waals surface area contributed by atoms with E-state index in [0.29, 0.717) is 13.0 Å². The van der Waals surface area contributed by atoms with Gasteiger partial charge in [-0.1, -0.05) is 6.42 Å². The van der Waals surface area contributed by atoms with Crippen molar-refractivity contribution >= 4 is 23.4 Å². The summed E-state index contributed by atoms with van der Waals surface area (Å²) in [7, 11) is 0. The number of thiocarbonyl (C=S) groups is 1. The molecule has 0 aromatic rings. The Morgan fingerprint density at radius 2 is 2.08 bits per heavy atom. The third-order valence-electron chi connectivity index (χ3n) is 1.47. The zero-order valence-electron chi connectivity index (χ0n) is 7.36. The first kappa shape index (κ1) is 12.3. The average molecular weight is 205 g/mol. The van der Waals surface area contributed by atoms with Crippen LogP contribution in [0.5, 0.6) is 0 Å². The van der Waals surface area contributed by atoms with Gasteiger partial charge >= 0.3 is 5.97 Å². The maximum Gasteiger partial charge on any atom is 0.330 e. The molecule has 0 aliphatic heterocycles. The second-order valence-electron chi connectivity index (χ2n) is 2.63. The van der Waals surface area contributed by atoms with Crippen molar-refractivity contribution in [2.24, 2.45) is 17.2 Å². The Hall–Kier alpha value is -0.720. The van der Waals surface area contributed by atoms with Gasteiger partial charge in [-0.3, -0.25) is 0 Å². The molecule has 6 N–H and O–H groups in total. The Kier molecular flexibility index (Phi) is 6.38. The molecule has 0 unspecified atom stereocenters. The normalized spacial score (nSPS) is 12.2. The number of unbranched alkanes of at least 4 members (excludes halogenated alkanes) is 1. The molecule has 76 valence electrons. The summed E-state index contributed by atoms with van der Waals surface area (Å²) in [6.45, 7) is 0.594. The monoisotopic (exact) mass is 205 g/mol. The van der Waals surface area contributed by atoms with Crippen molar-refractivity contribution in [2.75, 3.05) is 6.54 Å². The van der Waals surface area contributed by atoms with E-state index in [9.17, 15) is 4.79 Å². The zero-order valence-corrected chi connectivity index (χ0v) is 8.18. The Balaban J connectivity index is 3.63. The predicted octanol–water partition coefficient (Wildman–Crippen LogP) is -0.770. The molecule has 6 heteroatoms. The number of nitrogens with two attached hydrogens (primary N) is 3. The number of carbonyl (C=O) groups is 1. The Morgan fingerprint density at radius 3 is 2.54 bits per heavy atom. The maximum atomic E-state index is 11.0. The average Bonchev–Trinajstić information content (AvgIpc) is 2.03. The Labute approximate surface area is 82.6 Å². The molecule has 0 amide bonds. The van der Waals surface area contributed by atoms with Crippen LogP contribution in [0.4, 0.5) is 0 Å². The van der Waals surface area contributed by atoms with Crippen molar-refractivity contribution < 1.29 is 9.53 Å². The minimum Gasteiger partial charge on any atom is -0.398 e. The van der Waals surface area contributed by atoms with E-state index in [4.69, 9.17) is 17.2 Å². The van der Waals surface area contributed by atoms with E-state index in [-0.39, 0.29) is 5.17 Å². The van der Waals surface area contributed by atoms with Crippen molar-refractivity contribution in [3.63, 3.8) is 0 Å². The second-order valence-corrected chi connectivity index (χ2v) is 3.03. The first-order valence-corrected chi connectivity index (χ1v) is 4.45. The largest absolute Gasteiger partial charge is 0.398 e. The number of rotatable bonds is 5. The van der Waals surface area contributed by atoms with E-state index in [1.54, 1.807) is 0 Å². The van der Waals surface area contributed by atoms with Crippen LogP contribution in [0.1, 0.15) is 19.3 Å². The molecule has 0 aromatic carbocycles. The Morgan fingerprint density at radius 1 is 1.46 bits per heavy atom. The van der Waals surface area contributed by atoms with E-state index in [2.05, 4.69) is 17.0 Å². The quantitative estimate of drug-likeness (QED) is 0.309. The van der Waals surface area contributed by atoms with Crippen molar-refractivity contribution in [1.82, 2.24) is 0 Å². The van der Waals surface area contributed by atoms with Crippen molar-refractivity contribution in [3.05, 3.63) is 0 Å². The summed E-state index contributed by atoms with van der Waals surface area (Å²) in [5, 5.41) is -0.292. The predicted molar refractivity (Wildman–Crippen MR) is 53.8 cm³/mol. The first-order valence-electron chi connectivity index (χ1n) is 4.04. The van der Waals surface area contributed by atoms with Crippen LogP contribution in [0, 0.1) is 0 Å². The lowest BCUT2D eigenvalue weighted by molar-refractivity contribution is -0.137.